The Bertz CT molecular complexity index is 1020. The Morgan fingerprint density at radius 3 is 2.93 bits per heavy atom. The zero-order valence-corrected chi connectivity index (χ0v) is 16.4. The summed E-state index contributed by atoms with van der Waals surface area (Å²) in [5, 5.41) is 2.62. The van der Waals surface area contributed by atoms with E-state index in [2.05, 4.69) is 0 Å². The minimum Gasteiger partial charge on any atom is -0.493 e. The van der Waals surface area contributed by atoms with Gasteiger partial charge in [-0.1, -0.05) is 18.2 Å². The quantitative estimate of drug-likeness (QED) is 0.592. The molecule has 0 aliphatic carbocycles. The van der Waals surface area contributed by atoms with Crippen LogP contribution in [0.3, 0.4) is 0 Å². The van der Waals surface area contributed by atoms with Crippen molar-refractivity contribution in [3.8, 4) is 5.75 Å². The predicted octanol–water partition coefficient (Wildman–Crippen LogP) is 3.68. The lowest BCUT2D eigenvalue weighted by Crippen LogP contribution is -2.38. The average molecular weight is 399 g/mol. The van der Waals surface area contributed by atoms with Gasteiger partial charge < -0.3 is 18.8 Å². The average Bonchev–Trinajstić information content (AvgIpc) is 3.40. The molecule has 1 aliphatic rings. The van der Waals surface area contributed by atoms with Crippen molar-refractivity contribution in [2.45, 2.75) is 25.5 Å². The molecule has 1 aromatic carbocycles. The van der Waals surface area contributed by atoms with E-state index in [1.54, 1.807) is 40.5 Å². The van der Waals surface area contributed by atoms with Crippen molar-refractivity contribution in [3.05, 3.63) is 62.6 Å². The first kappa shape index (κ1) is 18.7. The van der Waals surface area contributed by atoms with E-state index in [0.717, 1.165) is 17.7 Å². The van der Waals surface area contributed by atoms with Crippen LogP contribution < -0.4 is 10.4 Å². The number of carbonyl (C=O) groups excluding carboxylic acids is 1. The third-order valence-electron chi connectivity index (χ3n) is 4.84. The summed E-state index contributed by atoms with van der Waals surface area (Å²) in [6, 6.07) is 10.8. The predicted molar refractivity (Wildman–Crippen MR) is 107 cm³/mol. The van der Waals surface area contributed by atoms with Crippen LogP contribution in [0.25, 0.3) is 11.0 Å². The summed E-state index contributed by atoms with van der Waals surface area (Å²) in [6.45, 7) is 1.60. The highest BCUT2D eigenvalue weighted by Gasteiger charge is 2.26. The van der Waals surface area contributed by atoms with Gasteiger partial charge in [0, 0.05) is 23.4 Å². The van der Waals surface area contributed by atoms with Gasteiger partial charge in [-0.2, -0.15) is 0 Å². The van der Waals surface area contributed by atoms with Crippen LogP contribution >= 0.6 is 11.3 Å². The lowest BCUT2D eigenvalue weighted by Gasteiger charge is -2.24. The normalized spacial score (nSPS) is 16.4. The van der Waals surface area contributed by atoms with Crippen molar-refractivity contribution < 1.29 is 18.7 Å². The number of ether oxygens (including phenoxy) is 2. The molecule has 28 heavy (non-hydrogen) atoms. The number of carbonyl (C=O) groups is 1. The van der Waals surface area contributed by atoms with Crippen molar-refractivity contribution in [3.63, 3.8) is 0 Å². The molecule has 3 aromatic rings. The fourth-order valence-electron chi connectivity index (χ4n) is 3.44. The molecular formula is C21H21NO5S. The molecule has 0 spiro atoms. The number of hydrogen-bond acceptors (Lipinski definition) is 6. The highest BCUT2D eigenvalue weighted by atomic mass is 32.1. The van der Waals surface area contributed by atoms with E-state index in [1.165, 1.54) is 7.11 Å². The molecule has 1 atom stereocenters. The molecule has 1 amide bonds. The number of benzene rings is 1. The van der Waals surface area contributed by atoms with Gasteiger partial charge in [0.2, 0.25) is 0 Å². The maximum absolute atomic E-state index is 13.3. The van der Waals surface area contributed by atoms with Gasteiger partial charge in [0.15, 0.2) is 11.3 Å². The summed E-state index contributed by atoms with van der Waals surface area (Å²) in [5.41, 5.74) is -0.295. The van der Waals surface area contributed by atoms with Gasteiger partial charge in [0.1, 0.15) is 5.56 Å². The molecule has 1 saturated heterocycles. The van der Waals surface area contributed by atoms with E-state index >= 15 is 0 Å². The molecule has 6 nitrogen and oxygen atoms in total. The lowest BCUT2D eigenvalue weighted by molar-refractivity contribution is 0.0506. The Hall–Kier alpha value is -2.64. The van der Waals surface area contributed by atoms with E-state index in [4.69, 9.17) is 13.9 Å². The third-order valence-corrected chi connectivity index (χ3v) is 5.70. The Morgan fingerprint density at radius 2 is 2.21 bits per heavy atom. The van der Waals surface area contributed by atoms with Gasteiger partial charge in [-0.3, -0.25) is 4.79 Å². The summed E-state index contributed by atoms with van der Waals surface area (Å²) in [4.78, 5) is 28.6. The Balaban J connectivity index is 1.68. The Morgan fingerprint density at radius 1 is 1.32 bits per heavy atom. The van der Waals surface area contributed by atoms with Gasteiger partial charge >= 0.3 is 5.63 Å². The van der Waals surface area contributed by atoms with Gasteiger partial charge in [0.25, 0.3) is 5.91 Å². The first-order valence-corrected chi connectivity index (χ1v) is 10.1. The van der Waals surface area contributed by atoms with Gasteiger partial charge in [-0.15, -0.1) is 11.3 Å². The van der Waals surface area contributed by atoms with Crippen LogP contribution in [0.15, 0.2) is 51.0 Å². The Kier molecular flexibility index (Phi) is 5.45. The van der Waals surface area contributed by atoms with Crippen LogP contribution in [0.5, 0.6) is 5.75 Å². The fourth-order valence-corrected chi connectivity index (χ4v) is 4.16. The third kappa shape index (κ3) is 3.81. The first-order chi connectivity index (χ1) is 13.7. The zero-order chi connectivity index (χ0) is 19.5. The van der Waals surface area contributed by atoms with Crippen LogP contribution in [0, 0.1) is 0 Å². The van der Waals surface area contributed by atoms with E-state index in [1.807, 2.05) is 17.5 Å². The number of thiophene rings is 1. The van der Waals surface area contributed by atoms with Crippen LogP contribution in [0.1, 0.15) is 28.1 Å². The molecule has 0 unspecified atom stereocenters. The van der Waals surface area contributed by atoms with Crippen LogP contribution in [-0.2, 0) is 11.3 Å². The fraction of sp³-hybridized carbons (Fsp3) is 0.333. The molecule has 0 bridgehead atoms. The maximum atomic E-state index is 13.3. The molecule has 7 heteroatoms. The summed E-state index contributed by atoms with van der Waals surface area (Å²) < 4.78 is 16.4. The SMILES string of the molecule is COc1cccc2cc(C(=O)N(Cc3cccs3)C[C@@H]3CCCO3)c(=O)oc12. The van der Waals surface area contributed by atoms with E-state index in [9.17, 15) is 9.59 Å². The van der Waals surface area contributed by atoms with E-state index in [0.29, 0.717) is 36.4 Å². The number of methoxy groups -OCH3 is 1. The van der Waals surface area contributed by atoms with Gasteiger partial charge in [-0.05, 0) is 36.4 Å². The van der Waals surface area contributed by atoms with E-state index < -0.39 is 5.63 Å². The number of nitrogens with zero attached hydrogens (tertiary/aromatic N) is 1. The summed E-state index contributed by atoms with van der Waals surface area (Å²) in [5.74, 6) is 0.116. The minimum atomic E-state index is -0.662. The van der Waals surface area contributed by atoms with Crippen molar-refractivity contribution >= 4 is 28.2 Å². The molecule has 0 radical (unpaired) electrons. The minimum absolute atomic E-state index is 0.00324. The highest BCUT2D eigenvalue weighted by Crippen LogP contribution is 2.25. The number of amides is 1. The van der Waals surface area contributed by atoms with Crippen molar-refractivity contribution in [2.75, 3.05) is 20.3 Å². The second-order valence-electron chi connectivity index (χ2n) is 6.73. The van der Waals surface area contributed by atoms with Crippen molar-refractivity contribution in [1.29, 1.82) is 0 Å². The summed E-state index contributed by atoms with van der Waals surface area (Å²) >= 11 is 1.58. The number of fused-ring (bicyclic) bond motifs is 1. The Labute approximate surface area is 166 Å². The van der Waals surface area contributed by atoms with Gasteiger partial charge in [0.05, 0.1) is 19.8 Å². The second-order valence-corrected chi connectivity index (χ2v) is 7.76. The lowest BCUT2D eigenvalue weighted by atomic mass is 10.1. The van der Waals surface area contributed by atoms with Crippen LogP contribution in [0.4, 0.5) is 0 Å². The van der Waals surface area contributed by atoms with Crippen LogP contribution in [-0.4, -0.2) is 37.2 Å². The molecule has 4 rings (SSSR count). The van der Waals surface area contributed by atoms with Crippen LogP contribution in [0.2, 0.25) is 0 Å². The summed E-state index contributed by atoms with van der Waals surface area (Å²) in [6.07, 6.45) is 1.90. The largest absolute Gasteiger partial charge is 0.493 e. The molecule has 1 aliphatic heterocycles. The number of para-hydroxylation sites is 1. The molecule has 146 valence electrons. The monoisotopic (exact) mass is 399 g/mol. The highest BCUT2D eigenvalue weighted by molar-refractivity contribution is 7.09. The topological polar surface area (TPSA) is 69.0 Å². The number of hydrogen-bond donors (Lipinski definition) is 0. The van der Waals surface area contributed by atoms with Gasteiger partial charge in [-0.25, -0.2) is 4.79 Å². The smallest absolute Gasteiger partial charge is 0.349 e. The summed E-state index contributed by atoms with van der Waals surface area (Å²) in [7, 11) is 1.51. The zero-order valence-electron chi connectivity index (χ0n) is 15.6. The number of rotatable bonds is 6. The molecule has 0 saturated carbocycles. The second kappa shape index (κ2) is 8.16. The molecular weight excluding hydrogens is 378 g/mol. The maximum Gasteiger partial charge on any atom is 0.349 e. The molecule has 1 fully saturated rings. The standard InChI is InChI=1S/C21H21NO5S/c1-25-18-8-2-5-14-11-17(21(24)27-19(14)18)20(23)22(12-15-6-3-9-26-15)13-16-7-4-10-28-16/h2,4-5,7-8,10-11,15H,3,6,9,12-13H2,1H3/t15-/m0/s1. The van der Waals surface area contributed by atoms with Crippen molar-refractivity contribution in [1.82, 2.24) is 4.90 Å². The molecule has 2 aromatic heterocycles. The molecule has 3 heterocycles. The van der Waals surface area contributed by atoms with Crippen molar-refractivity contribution in [2.24, 2.45) is 0 Å². The molecule has 0 N–H and O–H groups in total. The first-order valence-electron chi connectivity index (χ1n) is 9.20. The van der Waals surface area contributed by atoms with E-state index in [-0.39, 0.29) is 17.6 Å².